The van der Waals surface area contributed by atoms with Gasteiger partial charge in [-0.1, -0.05) is 43.2 Å². The number of benzene rings is 1. The summed E-state index contributed by atoms with van der Waals surface area (Å²) in [5, 5.41) is 2.81. The van der Waals surface area contributed by atoms with Crippen LogP contribution in [0.1, 0.15) is 72.8 Å². The Morgan fingerprint density at radius 1 is 0.914 bits per heavy atom. The van der Waals surface area contributed by atoms with E-state index in [2.05, 4.69) is 5.32 Å². The number of esters is 1. The van der Waals surface area contributed by atoms with Gasteiger partial charge in [0.05, 0.1) is 7.11 Å². The normalized spacial score (nSPS) is 16.1. The van der Waals surface area contributed by atoms with Crippen LogP contribution in [0.25, 0.3) is 0 Å². The van der Waals surface area contributed by atoms with E-state index < -0.39 is 46.8 Å². The fraction of sp³-hybridized carbons (Fsp3) is 0.615. The van der Waals surface area contributed by atoms with Crippen molar-refractivity contribution in [2.75, 3.05) is 7.11 Å². The lowest BCUT2D eigenvalue weighted by molar-refractivity contribution is -0.151. The van der Waals surface area contributed by atoms with Gasteiger partial charge in [-0.3, -0.25) is 4.79 Å². The van der Waals surface area contributed by atoms with Crippen LogP contribution in [-0.2, 0) is 30.2 Å². The molecule has 0 spiro atoms. The Balaban J connectivity index is 2.52. The highest BCUT2D eigenvalue weighted by Gasteiger charge is 2.47. The van der Waals surface area contributed by atoms with Gasteiger partial charge in [0.25, 0.3) is 0 Å². The molecule has 1 aliphatic carbocycles. The number of ether oxygens (including phenoxy) is 3. The van der Waals surface area contributed by atoms with Crippen molar-refractivity contribution in [3.8, 4) is 0 Å². The van der Waals surface area contributed by atoms with Crippen LogP contribution in [0.15, 0.2) is 30.3 Å². The highest BCUT2D eigenvalue weighted by atomic mass is 16.6. The Morgan fingerprint density at radius 3 is 1.83 bits per heavy atom. The van der Waals surface area contributed by atoms with Crippen molar-refractivity contribution in [3.05, 3.63) is 35.9 Å². The second-order valence-electron chi connectivity index (χ2n) is 10.8. The maximum absolute atomic E-state index is 13.7. The molecule has 1 aromatic carbocycles. The van der Waals surface area contributed by atoms with E-state index in [4.69, 9.17) is 14.2 Å². The van der Waals surface area contributed by atoms with Crippen molar-refractivity contribution in [1.82, 2.24) is 10.2 Å². The summed E-state index contributed by atoms with van der Waals surface area (Å²) in [6.45, 7) is 9.97. The number of rotatable bonds is 6. The molecule has 0 unspecified atom stereocenters. The zero-order valence-corrected chi connectivity index (χ0v) is 21.8. The Labute approximate surface area is 207 Å². The van der Waals surface area contributed by atoms with Crippen LogP contribution in [0, 0.1) is 0 Å². The molecule has 1 N–H and O–H groups in total. The molecule has 1 saturated carbocycles. The highest BCUT2D eigenvalue weighted by molar-refractivity contribution is 5.98. The van der Waals surface area contributed by atoms with Crippen molar-refractivity contribution in [2.24, 2.45) is 0 Å². The van der Waals surface area contributed by atoms with E-state index in [9.17, 15) is 19.2 Å². The molecular formula is C26H38N2O7. The first-order valence-electron chi connectivity index (χ1n) is 11.9. The highest BCUT2D eigenvalue weighted by Crippen LogP contribution is 2.31. The van der Waals surface area contributed by atoms with Gasteiger partial charge >= 0.3 is 18.2 Å². The zero-order valence-electron chi connectivity index (χ0n) is 21.8. The quantitative estimate of drug-likeness (QED) is 0.465. The van der Waals surface area contributed by atoms with Gasteiger partial charge in [0.1, 0.15) is 22.8 Å². The first kappa shape index (κ1) is 28.1. The van der Waals surface area contributed by atoms with Crippen molar-refractivity contribution in [3.63, 3.8) is 0 Å². The molecule has 3 amide bonds. The van der Waals surface area contributed by atoms with E-state index in [0.717, 1.165) is 12.8 Å². The third-order valence-corrected chi connectivity index (χ3v) is 5.46. The van der Waals surface area contributed by atoms with E-state index in [1.807, 2.05) is 6.07 Å². The molecule has 1 aromatic rings. The summed E-state index contributed by atoms with van der Waals surface area (Å²) >= 11 is 0. The molecule has 1 atom stereocenters. The van der Waals surface area contributed by atoms with Crippen LogP contribution in [0.4, 0.5) is 9.59 Å². The Kier molecular flexibility index (Phi) is 8.92. The maximum Gasteiger partial charge on any atom is 0.420 e. The summed E-state index contributed by atoms with van der Waals surface area (Å²) in [6.07, 6.45) is 0.261. The molecule has 0 bridgehead atoms. The summed E-state index contributed by atoms with van der Waals surface area (Å²) in [7, 11) is 1.27. The van der Waals surface area contributed by atoms with Gasteiger partial charge in [-0.2, -0.15) is 4.90 Å². The standard InChI is InChI=1S/C26H38N2O7/c1-24(2,3)34-22(31)28(23(32)35-25(4,5)6)19(17-18-13-9-8-10-14-18)20(29)27-26(21(30)33-7)15-11-12-16-26/h8-10,13-14,19H,11-12,15-17H2,1-7H3,(H,27,29)/t19-/m0/s1. The fourth-order valence-corrected chi connectivity index (χ4v) is 3.96. The molecule has 1 aliphatic rings. The fourth-order valence-electron chi connectivity index (χ4n) is 3.96. The smallest absolute Gasteiger partial charge is 0.420 e. The minimum atomic E-state index is -1.33. The van der Waals surface area contributed by atoms with Crippen LogP contribution >= 0.6 is 0 Å². The third kappa shape index (κ3) is 7.97. The SMILES string of the molecule is COC(=O)C1(NC(=O)[C@H](Cc2ccccc2)N(C(=O)OC(C)(C)C)C(=O)OC(C)(C)C)CCCC1. The van der Waals surface area contributed by atoms with Crippen LogP contribution in [0.5, 0.6) is 0 Å². The minimum absolute atomic E-state index is 0.00239. The molecule has 1 fully saturated rings. The van der Waals surface area contributed by atoms with Gasteiger partial charge < -0.3 is 19.5 Å². The number of amides is 3. The molecule has 9 nitrogen and oxygen atoms in total. The van der Waals surface area contributed by atoms with Gasteiger partial charge in [-0.05, 0) is 59.9 Å². The average Bonchev–Trinajstić information content (AvgIpc) is 3.20. The second kappa shape index (κ2) is 11.1. The topological polar surface area (TPSA) is 111 Å². The number of carbonyl (C=O) groups is 4. The third-order valence-electron chi connectivity index (χ3n) is 5.46. The van der Waals surface area contributed by atoms with Crippen molar-refractivity contribution in [1.29, 1.82) is 0 Å². The molecule has 0 saturated heterocycles. The van der Waals surface area contributed by atoms with E-state index >= 15 is 0 Å². The lowest BCUT2D eigenvalue weighted by Gasteiger charge is -2.35. The maximum atomic E-state index is 13.7. The lowest BCUT2D eigenvalue weighted by atomic mass is 9.95. The predicted molar refractivity (Wildman–Crippen MR) is 130 cm³/mol. The van der Waals surface area contributed by atoms with Gasteiger partial charge in [0.2, 0.25) is 5.91 Å². The summed E-state index contributed by atoms with van der Waals surface area (Å²) < 4.78 is 15.9. The molecule has 0 heterocycles. The zero-order chi connectivity index (χ0) is 26.4. The van der Waals surface area contributed by atoms with E-state index in [1.54, 1.807) is 65.8 Å². The van der Waals surface area contributed by atoms with Crippen LogP contribution < -0.4 is 5.32 Å². The van der Waals surface area contributed by atoms with Gasteiger partial charge in [0, 0.05) is 6.42 Å². The Bertz CT molecular complexity index is 882. The van der Waals surface area contributed by atoms with E-state index in [0.29, 0.717) is 23.3 Å². The number of nitrogens with one attached hydrogen (secondary N) is 1. The largest absolute Gasteiger partial charge is 0.467 e. The summed E-state index contributed by atoms with van der Waals surface area (Å²) in [5.74, 6) is -1.22. The van der Waals surface area contributed by atoms with E-state index in [1.165, 1.54) is 7.11 Å². The molecule has 0 radical (unpaired) electrons. The summed E-state index contributed by atoms with van der Waals surface area (Å²) in [6, 6.07) is 7.65. The molecule has 0 aliphatic heterocycles. The van der Waals surface area contributed by atoms with Crippen LogP contribution in [-0.4, -0.2) is 58.9 Å². The van der Waals surface area contributed by atoms with Gasteiger partial charge in [0.15, 0.2) is 0 Å². The van der Waals surface area contributed by atoms with Gasteiger partial charge in [-0.25, -0.2) is 14.4 Å². The first-order valence-corrected chi connectivity index (χ1v) is 11.9. The Hall–Kier alpha value is -3.10. The molecule has 35 heavy (non-hydrogen) atoms. The average molecular weight is 491 g/mol. The Morgan fingerprint density at radius 2 is 1.40 bits per heavy atom. The van der Waals surface area contributed by atoms with Crippen molar-refractivity contribution < 1.29 is 33.4 Å². The number of carbonyl (C=O) groups excluding carboxylic acids is 4. The van der Waals surface area contributed by atoms with Crippen molar-refractivity contribution >= 4 is 24.1 Å². The summed E-state index contributed by atoms with van der Waals surface area (Å²) in [5.41, 5.74) is -2.36. The molecule has 2 rings (SSSR count). The summed E-state index contributed by atoms with van der Waals surface area (Å²) in [4.78, 5) is 53.6. The second-order valence-corrected chi connectivity index (χ2v) is 10.8. The van der Waals surface area contributed by atoms with Crippen LogP contribution in [0.2, 0.25) is 0 Å². The lowest BCUT2D eigenvalue weighted by Crippen LogP contribution is -2.61. The molecule has 194 valence electrons. The molecule has 0 aromatic heterocycles. The number of imide groups is 1. The van der Waals surface area contributed by atoms with Crippen LogP contribution in [0.3, 0.4) is 0 Å². The number of hydrogen-bond donors (Lipinski definition) is 1. The molecular weight excluding hydrogens is 452 g/mol. The predicted octanol–water partition coefficient (Wildman–Crippen LogP) is 4.37. The number of nitrogens with zero attached hydrogens (tertiary/aromatic N) is 1. The monoisotopic (exact) mass is 490 g/mol. The first-order chi connectivity index (χ1) is 16.2. The van der Waals surface area contributed by atoms with Gasteiger partial charge in [-0.15, -0.1) is 0 Å². The minimum Gasteiger partial charge on any atom is -0.467 e. The van der Waals surface area contributed by atoms with Crippen molar-refractivity contribution in [2.45, 2.75) is 96.4 Å². The van der Waals surface area contributed by atoms with E-state index in [-0.39, 0.29) is 6.42 Å². The molecule has 9 heteroatoms. The number of methoxy groups -OCH3 is 1. The number of hydrogen-bond acceptors (Lipinski definition) is 7.